The highest BCUT2D eigenvalue weighted by Crippen LogP contribution is 2.38. The molecule has 96 valence electrons. The van der Waals surface area contributed by atoms with Crippen LogP contribution in [0.2, 0.25) is 0 Å². The predicted molar refractivity (Wildman–Crippen MR) is 67.0 cm³/mol. The first-order valence-electron chi connectivity index (χ1n) is 5.52. The van der Waals surface area contributed by atoms with Crippen LogP contribution in [0.25, 0.3) is 11.2 Å². The number of anilines is 1. The zero-order chi connectivity index (χ0) is 12.7. The molecule has 3 heterocycles. The molecule has 0 aromatic carbocycles. The van der Waals surface area contributed by atoms with E-state index in [4.69, 9.17) is 10.8 Å². The summed E-state index contributed by atoms with van der Waals surface area (Å²) < 4.78 is 15.8. The Hall–Kier alpha value is -1.41. The second-order valence-electron chi connectivity index (χ2n) is 4.15. The molecule has 1 saturated heterocycles. The van der Waals surface area contributed by atoms with Crippen molar-refractivity contribution in [3.05, 3.63) is 12.7 Å². The van der Waals surface area contributed by atoms with Crippen LogP contribution in [0.1, 0.15) is 6.04 Å². The molecular weight excluding hydrogens is 257 g/mol. The third-order valence-corrected chi connectivity index (χ3v) is 4.50. The number of aliphatic hydroxyl groups excluding tert-OH is 1. The Bertz CT molecular complexity index is 576. The Morgan fingerprint density at radius 3 is 3.06 bits per heavy atom. The molecule has 0 aliphatic carbocycles. The van der Waals surface area contributed by atoms with Crippen LogP contribution in [0.15, 0.2) is 12.7 Å². The fourth-order valence-electron chi connectivity index (χ4n) is 2.15. The van der Waals surface area contributed by atoms with Crippen LogP contribution in [-0.4, -0.2) is 48.4 Å². The summed E-state index contributed by atoms with van der Waals surface area (Å²) in [4.78, 5) is 12.1. The number of nitrogens with zero attached hydrogens (tertiary/aromatic N) is 4. The molecule has 0 amide bonds. The van der Waals surface area contributed by atoms with Crippen molar-refractivity contribution in [2.24, 2.45) is 0 Å². The van der Waals surface area contributed by atoms with E-state index < -0.39 is 6.17 Å². The molecule has 1 aliphatic heterocycles. The van der Waals surface area contributed by atoms with Gasteiger partial charge in [-0.3, -0.25) is 0 Å². The van der Waals surface area contributed by atoms with Gasteiger partial charge in [0.05, 0.1) is 24.2 Å². The van der Waals surface area contributed by atoms with Gasteiger partial charge in [0.2, 0.25) is 0 Å². The first kappa shape index (κ1) is 11.7. The minimum atomic E-state index is -1.12. The standard InChI is InChI=1S/C10H12FN5OS/c11-7-5(2-18-6(7)1-17)16-4-15-8-9(12)13-3-14-10(8)16/h3-7,17H,1-2H2,(H2,12,13,14)/t5-,6-,7+/m1/s1. The second-order valence-corrected chi connectivity index (χ2v) is 5.42. The number of nitrogen functional groups attached to an aromatic ring is 1. The summed E-state index contributed by atoms with van der Waals surface area (Å²) in [6.45, 7) is -0.161. The molecule has 0 saturated carbocycles. The number of halogens is 1. The Morgan fingerprint density at radius 2 is 2.33 bits per heavy atom. The van der Waals surface area contributed by atoms with E-state index >= 15 is 0 Å². The smallest absolute Gasteiger partial charge is 0.165 e. The van der Waals surface area contributed by atoms with Crippen LogP contribution in [0, 0.1) is 0 Å². The molecule has 3 atom stereocenters. The topological polar surface area (TPSA) is 89.9 Å². The Morgan fingerprint density at radius 1 is 1.50 bits per heavy atom. The van der Waals surface area contributed by atoms with E-state index in [1.54, 1.807) is 4.57 Å². The quantitative estimate of drug-likeness (QED) is 0.820. The Balaban J connectivity index is 2.03. The van der Waals surface area contributed by atoms with Crippen molar-refractivity contribution < 1.29 is 9.50 Å². The minimum absolute atomic E-state index is 0.161. The number of hydrogen-bond donors (Lipinski definition) is 2. The van der Waals surface area contributed by atoms with E-state index in [2.05, 4.69) is 15.0 Å². The number of aliphatic hydroxyl groups is 1. The zero-order valence-corrected chi connectivity index (χ0v) is 10.2. The maximum Gasteiger partial charge on any atom is 0.165 e. The van der Waals surface area contributed by atoms with Crippen LogP contribution >= 0.6 is 11.8 Å². The maximum atomic E-state index is 14.1. The fraction of sp³-hybridized carbons (Fsp3) is 0.500. The number of aromatic nitrogens is 4. The van der Waals surface area contributed by atoms with Crippen molar-refractivity contribution in [1.29, 1.82) is 0 Å². The van der Waals surface area contributed by atoms with Crippen molar-refractivity contribution in [1.82, 2.24) is 19.5 Å². The van der Waals surface area contributed by atoms with E-state index in [0.717, 1.165) is 0 Å². The summed E-state index contributed by atoms with van der Waals surface area (Å²) in [5.41, 5.74) is 6.71. The molecule has 8 heteroatoms. The molecule has 6 nitrogen and oxygen atoms in total. The molecule has 2 aromatic heterocycles. The third-order valence-electron chi connectivity index (χ3n) is 3.13. The summed E-state index contributed by atoms with van der Waals surface area (Å²) in [5.74, 6) is 0.875. The minimum Gasteiger partial charge on any atom is -0.395 e. The van der Waals surface area contributed by atoms with Gasteiger partial charge in [-0.25, -0.2) is 19.3 Å². The van der Waals surface area contributed by atoms with Gasteiger partial charge < -0.3 is 15.4 Å². The van der Waals surface area contributed by atoms with Crippen molar-refractivity contribution in [2.45, 2.75) is 17.5 Å². The largest absolute Gasteiger partial charge is 0.395 e. The molecule has 1 fully saturated rings. The predicted octanol–water partition coefficient (Wildman–Crippen LogP) is 0.395. The maximum absolute atomic E-state index is 14.1. The average molecular weight is 269 g/mol. The first-order chi connectivity index (χ1) is 8.72. The summed E-state index contributed by atoms with van der Waals surface area (Å²) in [5, 5.41) is 8.70. The van der Waals surface area contributed by atoms with E-state index in [-0.39, 0.29) is 17.9 Å². The van der Waals surface area contributed by atoms with Crippen molar-refractivity contribution in [2.75, 3.05) is 18.1 Å². The van der Waals surface area contributed by atoms with E-state index in [0.29, 0.717) is 22.7 Å². The molecule has 1 aliphatic rings. The number of hydrogen-bond acceptors (Lipinski definition) is 6. The summed E-state index contributed by atoms with van der Waals surface area (Å²) in [6.07, 6.45) is 1.76. The van der Waals surface area contributed by atoms with Crippen LogP contribution < -0.4 is 5.73 Å². The summed E-state index contributed by atoms with van der Waals surface area (Å²) in [6, 6.07) is -0.369. The Labute approximate surface area is 106 Å². The molecule has 0 spiro atoms. The third kappa shape index (κ3) is 1.64. The first-order valence-corrected chi connectivity index (χ1v) is 6.56. The van der Waals surface area contributed by atoms with Gasteiger partial charge in [-0.15, -0.1) is 0 Å². The molecule has 18 heavy (non-hydrogen) atoms. The van der Waals surface area contributed by atoms with Crippen molar-refractivity contribution in [3.8, 4) is 0 Å². The van der Waals surface area contributed by atoms with Gasteiger partial charge in [-0.05, 0) is 0 Å². The van der Waals surface area contributed by atoms with E-state index in [1.807, 2.05) is 0 Å². The molecule has 3 N–H and O–H groups in total. The lowest BCUT2D eigenvalue weighted by Gasteiger charge is -2.16. The molecule has 0 bridgehead atoms. The van der Waals surface area contributed by atoms with Gasteiger partial charge in [-0.2, -0.15) is 11.8 Å². The van der Waals surface area contributed by atoms with Gasteiger partial charge >= 0.3 is 0 Å². The van der Waals surface area contributed by atoms with E-state index in [1.165, 1.54) is 24.4 Å². The van der Waals surface area contributed by atoms with E-state index in [9.17, 15) is 4.39 Å². The van der Waals surface area contributed by atoms with Gasteiger partial charge in [0.25, 0.3) is 0 Å². The average Bonchev–Trinajstić information content (AvgIpc) is 2.93. The van der Waals surface area contributed by atoms with Gasteiger partial charge in [-0.1, -0.05) is 0 Å². The van der Waals surface area contributed by atoms with Crippen molar-refractivity contribution in [3.63, 3.8) is 0 Å². The lowest BCUT2D eigenvalue weighted by molar-refractivity contribution is 0.200. The van der Waals surface area contributed by atoms with Crippen LogP contribution in [0.3, 0.4) is 0 Å². The molecular formula is C10H12FN5OS. The van der Waals surface area contributed by atoms with Crippen LogP contribution in [-0.2, 0) is 0 Å². The fourth-order valence-corrected chi connectivity index (χ4v) is 3.41. The normalized spacial score (nSPS) is 28.0. The van der Waals surface area contributed by atoms with Gasteiger partial charge in [0, 0.05) is 5.75 Å². The van der Waals surface area contributed by atoms with Crippen molar-refractivity contribution >= 4 is 28.7 Å². The number of imidazole rings is 1. The number of thioether (sulfide) groups is 1. The molecule has 3 rings (SSSR count). The van der Waals surface area contributed by atoms with Crippen LogP contribution in [0.4, 0.5) is 10.2 Å². The highest BCUT2D eigenvalue weighted by atomic mass is 32.2. The Kier molecular flexibility index (Phi) is 2.83. The second kappa shape index (κ2) is 4.36. The SMILES string of the molecule is Nc1ncnc2c1ncn2[C@@H]1CS[C@H](CO)[C@H]1F. The monoisotopic (exact) mass is 269 g/mol. The van der Waals surface area contributed by atoms with Gasteiger partial charge in [0.1, 0.15) is 18.0 Å². The number of rotatable bonds is 2. The summed E-state index contributed by atoms with van der Waals surface area (Å²) in [7, 11) is 0. The molecule has 0 unspecified atom stereocenters. The highest BCUT2D eigenvalue weighted by Gasteiger charge is 2.38. The van der Waals surface area contributed by atoms with Gasteiger partial charge in [0.15, 0.2) is 11.5 Å². The number of fused-ring (bicyclic) bond motifs is 1. The number of nitrogens with two attached hydrogens (primary N) is 1. The molecule has 2 aromatic rings. The molecule has 0 radical (unpaired) electrons. The lowest BCUT2D eigenvalue weighted by Crippen LogP contribution is -2.25. The number of alkyl halides is 1. The lowest BCUT2D eigenvalue weighted by atomic mass is 10.1. The zero-order valence-electron chi connectivity index (χ0n) is 9.40. The summed E-state index contributed by atoms with van der Waals surface area (Å²) >= 11 is 1.42. The van der Waals surface area contributed by atoms with Crippen LogP contribution in [0.5, 0.6) is 0 Å². The highest BCUT2D eigenvalue weighted by molar-refractivity contribution is 8.00.